The van der Waals surface area contributed by atoms with Crippen LogP contribution >= 0.6 is 0 Å². The van der Waals surface area contributed by atoms with Crippen molar-refractivity contribution in [1.82, 2.24) is 5.32 Å². The molecule has 0 amide bonds. The molecule has 1 saturated carbocycles. The summed E-state index contributed by atoms with van der Waals surface area (Å²) in [5, 5.41) is 13.3. The van der Waals surface area contributed by atoms with Crippen LogP contribution in [0.25, 0.3) is 0 Å². The lowest BCUT2D eigenvalue weighted by Gasteiger charge is -2.22. The van der Waals surface area contributed by atoms with E-state index in [2.05, 4.69) is 43.4 Å². The van der Waals surface area contributed by atoms with Crippen LogP contribution in [0.5, 0.6) is 0 Å². The lowest BCUT2D eigenvalue weighted by atomic mass is 10.0. The monoisotopic (exact) mass is 219 g/mol. The van der Waals surface area contributed by atoms with E-state index < -0.39 is 0 Å². The Morgan fingerprint density at radius 2 is 1.94 bits per heavy atom. The van der Waals surface area contributed by atoms with Gasteiger partial charge in [0.1, 0.15) is 0 Å². The fourth-order valence-electron chi connectivity index (χ4n) is 2.41. The number of aliphatic hydroxyl groups is 1. The summed E-state index contributed by atoms with van der Waals surface area (Å²) in [4.78, 5) is 0. The van der Waals surface area contributed by atoms with Crippen LogP contribution in [0.15, 0.2) is 24.3 Å². The van der Waals surface area contributed by atoms with Crippen molar-refractivity contribution >= 4 is 0 Å². The van der Waals surface area contributed by atoms with E-state index in [-0.39, 0.29) is 12.1 Å². The van der Waals surface area contributed by atoms with Crippen molar-refractivity contribution in [2.75, 3.05) is 0 Å². The van der Waals surface area contributed by atoms with Crippen LogP contribution in [-0.2, 0) is 0 Å². The average Bonchev–Trinajstić information content (AvgIpc) is 2.65. The first-order valence-corrected chi connectivity index (χ1v) is 6.17. The Kier molecular flexibility index (Phi) is 3.62. The third-order valence-electron chi connectivity index (χ3n) is 3.52. The van der Waals surface area contributed by atoms with Gasteiger partial charge in [0.2, 0.25) is 0 Å². The van der Waals surface area contributed by atoms with E-state index in [0.717, 1.165) is 19.3 Å². The van der Waals surface area contributed by atoms with Gasteiger partial charge in [0.05, 0.1) is 6.10 Å². The largest absolute Gasteiger partial charge is 0.392 e. The van der Waals surface area contributed by atoms with Crippen molar-refractivity contribution in [2.24, 2.45) is 0 Å². The zero-order valence-corrected chi connectivity index (χ0v) is 10.1. The molecule has 0 radical (unpaired) electrons. The fraction of sp³-hybridized carbons (Fsp3) is 0.571. The molecule has 1 aliphatic rings. The number of aliphatic hydroxyl groups excluding tert-OH is 1. The highest BCUT2D eigenvalue weighted by Gasteiger charge is 2.26. The highest BCUT2D eigenvalue weighted by Crippen LogP contribution is 2.22. The van der Waals surface area contributed by atoms with Gasteiger partial charge in [-0.1, -0.05) is 29.8 Å². The van der Waals surface area contributed by atoms with Gasteiger partial charge in [-0.3, -0.25) is 0 Å². The molecule has 2 rings (SSSR count). The quantitative estimate of drug-likeness (QED) is 0.819. The second-order valence-electron chi connectivity index (χ2n) is 4.90. The van der Waals surface area contributed by atoms with E-state index in [1.165, 1.54) is 11.1 Å². The molecular formula is C14H21NO. The predicted molar refractivity (Wildman–Crippen MR) is 66.4 cm³/mol. The Hall–Kier alpha value is -0.860. The molecule has 2 nitrogen and oxygen atoms in total. The molecule has 1 aromatic carbocycles. The van der Waals surface area contributed by atoms with Crippen molar-refractivity contribution in [3.8, 4) is 0 Å². The van der Waals surface area contributed by atoms with E-state index in [0.29, 0.717) is 6.04 Å². The minimum absolute atomic E-state index is 0.159. The van der Waals surface area contributed by atoms with Crippen LogP contribution in [0, 0.1) is 6.92 Å². The molecule has 1 fully saturated rings. The van der Waals surface area contributed by atoms with Crippen LogP contribution < -0.4 is 5.32 Å². The van der Waals surface area contributed by atoms with E-state index in [4.69, 9.17) is 0 Å². The van der Waals surface area contributed by atoms with Gasteiger partial charge in [-0.05, 0) is 38.7 Å². The third kappa shape index (κ3) is 2.63. The number of hydrogen-bond acceptors (Lipinski definition) is 2. The van der Waals surface area contributed by atoms with Crippen molar-refractivity contribution < 1.29 is 5.11 Å². The standard InChI is InChI=1S/C14H21NO/c1-10-6-8-12(9-7-10)11(2)15-13-4-3-5-14(13)16/h6-9,11,13-16H,3-5H2,1-2H3/t11-,13?,14?/m0/s1. The van der Waals surface area contributed by atoms with Crippen molar-refractivity contribution in [1.29, 1.82) is 0 Å². The van der Waals surface area contributed by atoms with Gasteiger partial charge in [0.15, 0.2) is 0 Å². The Morgan fingerprint density at radius 3 is 2.50 bits per heavy atom. The predicted octanol–water partition coefficient (Wildman–Crippen LogP) is 2.56. The van der Waals surface area contributed by atoms with E-state index in [9.17, 15) is 5.11 Å². The SMILES string of the molecule is Cc1ccc([C@H](C)NC2CCCC2O)cc1. The zero-order chi connectivity index (χ0) is 11.5. The average molecular weight is 219 g/mol. The lowest BCUT2D eigenvalue weighted by Crippen LogP contribution is -2.37. The minimum atomic E-state index is -0.159. The normalized spacial score (nSPS) is 26.9. The molecule has 2 N–H and O–H groups in total. The first kappa shape index (κ1) is 11.6. The maximum Gasteiger partial charge on any atom is 0.0693 e. The summed E-state index contributed by atoms with van der Waals surface area (Å²) in [6.45, 7) is 4.26. The summed E-state index contributed by atoms with van der Waals surface area (Å²) in [5.74, 6) is 0. The molecule has 1 aromatic rings. The van der Waals surface area contributed by atoms with Crippen LogP contribution in [0.1, 0.15) is 43.4 Å². The fourth-order valence-corrected chi connectivity index (χ4v) is 2.41. The Morgan fingerprint density at radius 1 is 1.25 bits per heavy atom. The minimum Gasteiger partial charge on any atom is -0.392 e. The molecule has 2 unspecified atom stereocenters. The van der Waals surface area contributed by atoms with E-state index in [1.807, 2.05) is 0 Å². The Labute approximate surface area is 97.7 Å². The molecular weight excluding hydrogens is 198 g/mol. The molecule has 0 aromatic heterocycles. The summed E-state index contributed by atoms with van der Waals surface area (Å²) in [7, 11) is 0. The number of nitrogens with one attached hydrogen (secondary N) is 1. The van der Waals surface area contributed by atoms with E-state index >= 15 is 0 Å². The number of aryl methyl sites for hydroxylation is 1. The van der Waals surface area contributed by atoms with Gasteiger partial charge in [0.25, 0.3) is 0 Å². The van der Waals surface area contributed by atoms with Crippen LogP contribution in [0.4, 0.5) is 0 Å². The summed E-state index contributed by atoms with van der Waals surface area (Å²) < 4.78 is 0. The van der Waals surface area contributed by atoms with Gasteiger partial charge < -0.3 is 10.4 Å². The second kappa shape index (κ2) is 4.98. The van der Waals surface area contributed by atoms with Crippen LogP contribution in [0.2, 0.25) is 0 Å². The van der Waals surface area contributed by atoms with E-state index in [1.54, 1.807) is 0 Å². The summed E-state index contributed by atoms with van der Waals surface area (Å²) >= 11 is 0. The van der Waals surface area contributed by atoms with Crippen molar-refractivity contribution in [3.63, 3.8) is 0 Å². The van der Waals surface area contributed by atoms with Gasteiger partial charge in [-0.25, -0.2) is 0 Å². The van der Waals surface area contributed by atoms with Gasteiger partial charge >= 0.3 is 0 Å². The van der Waals surface area contributed by atoms with Gasteiger partial charge in [-0.15, -0.1) is 0 Å². The maximum absolute atomic E-state index is 9.77. The van der Waals surface area contributed by atoms with Crippen molar-refractivity contribution in [3.05, 3.63) is 35.4 Å². The molecule has 1 aliphatic carbocycles. The molecule has 16 heavy (non-hydrogen) atoms. The second-order valence-corrected chi connectivity index (χ2v) is 4.90. The zero-order valence-electron chi connectivity index (χ0n) is 10.1. The molecule has 88 valence electrons. The molecule has 0 heterocycles. The maximum atomic E-state index is 9.77. The van der Waals surface area contributed by atoms with Gasteiger partial charge in [-0.2, -0.15) is 0 Å². The Balaban J connectivity index is 1.97. The van der Waals surface area contributed by atoms with Crippen LogP contribution in [0.3, 0.4) is 0 Å². The Bertz CT molecular complexity index is 333. The summed E-state index contributed by atoms with van der Waals surface area (Å²) in [5.41, 5.74) is 2.58. The lowest BCUT2D eigenvalue weighted by molar-refractivity contribution is 0.144. The third-order valence-corrected chi connectivity index (χ3v) is 3.52. The molecule has 2 heteroatoms. The summed E-state index contributed by atoms with van der Waals surface area (Å²) in [6.07, 6.45) is 3.02. The first-order chi connectivity index (χ1) is 7.66. The smallest absolute Gasteiger partial charge is 0.0693 e. The van der Waals surface area contributed by atoms with Gasteiger partial charge in [0, 0.05) is 12.1 Å². The topological polar surface area (TPSA) is 32.3 Å². The summed E-state index contributed by atoms with van der Waals surface area (Å²) in [6, 6.07) is 9.19. The molecule has 0 spiro atoms. The molecule has 0 bridgehead atoms. The van der Waals surface area contributed by atoms with Crippen molar-refractivity contribution in [2.45, 2.75) is 51.3 Å². The highest BCUT2D eigenvalue weighted by molar-refractivity contribution is 5.23. The number of benzene rings is 1. The highest BCUT2D eigenvalue weighted by atomic mass is 16.3. The first-order valence-electron chi connectivity index (χ1n) is 6.17. The molecule has 3 atom stereocenters. The number of hydrogen-bond donors (Lipinski definition) is 2. The molecule has 0 saturated heterocycles. The molecule has 0 aliphatic heterocycles. The van der Waals surface area contributed by atoms with Crippen LogP contribution in [-0.4, -0.2) is 17.3 Å². The number of rotatable bonds is 3.